The van der Waals surface area contributed by atoms with Crippen LogP contribution in [-0.4, -0.2) is 61.2 Å². The van der Waals surface area contributed by atoms with Gasteiger partial charge in [0.2, 0.25) is 0 Å². The van der Waals surface area contributed by atoms with Crippen LogP contribution in [-0.2, 0) is 4.74 Å². The van der Waals surface area contributed by atoms with Gasteiger partial charge in [0.25, 0.3) is 11.6 Å². The molecule has 0 radical (unpaired) electrons. The van der Waals surface area contributed by atoms with Gasteiger partial charge in [-0.2, -0.15) is 0 Å². The molecule has 2 aromatic carbocycles. The number of nitrogens with one attached hydrogen (secondary N) is 1. The van der Waals surface area contributed by atoms with Crippen molar-refractivity contribution in [3.05, 3.63) is 64.0 Å². The first-order chi connectivity index (χ1) is 15.0. The van der Waals surface area contributed by atoms with Crippen molar-refractivity contribution >= 4 is 23.0 Å². The summed E-state index contributed by atoms with van der Waals surface area (Å²) in [7, 11) is 0. The Morgan fingerprint density at radius 1 is 1.16 bits per heavy atom. The molecule has 1 N–H and O–H groups in total. The highest BCUT2D eigenvalue weighted by Crippen LogP contribution is 2.30. The van der Waals surface area contributed by atoms with E-state index in [0.29, 0.717) is 44.2 Å². The molecule has 2 saturated heterocycles. The molecule has 8 nitrogen and oxygen atoms in total. The summed E-state index contributed by atoms with van der Waals surface area (Å²) in [5.41, 5.74) is 1.05. The maximum atomic E-state index is 14.2. The predicted octanol–water partition coefficient (Wildman–Crippen LogP) is 3.29. The normalized spacial score (nSPS) is 19.2. The molecular formula is C22H25FN4O4. The fourth-order valence-electron chi connectivity index (χ4n) is 4.13. The number of benzene rings is 2. The zero-order valence-corrected chi connectivity index (χ0v) is 17.1. The van der Waals surface area contributed by atoms with Crippen molar-refractivity contribution in [3.8, 4) is 0 Å². The number of ether oxygens (including phenoxy) is 1. The van der Waals surface area contributed by atoms with Crippen LogP contribution in [0.3, 0.4) is 0 Å². The van der Waals surface area contributed by atoms with Crippen LogP contribution in [0.4, 0.5) is 21.5 Å². The first kappa shape index (κ1) is 21.0. The SMILES string of the molecule is O=C(c1ccc(NC2CCCN(c3ccccc3F)C2)c([N+](=O)[O-])c1)N1CCOCC1. The molecule has 0 saturated carbocycles. The number of amides is 1. The van der Waals surface area contributed by atoms with Crippen LogP contribution in [0, 0.1) is 15.9 Å². The van der Waals surface area contributed by atoms with Crippen molar-refractivity contribution in [1.29, 1.82) is 0 Å². The summed E-state index contributed by atoms with van der Waals surface area (Å²) in [6, 6.07) is 11.1. The lowest BCUT2D eigenvalue weighted by atomic mass is 10.0. The predicted molar refractivity (Wildman–Crippen MR) is 115 cm³/mol. The third kappa shape index (κ3) is 4.77. The van der Waals surface area contributed by atoms with Crippen molar-refractivity contribution in [2.75, 3.05) is 49.6 Å². The number of carbonyl (C=O) groups is 1. The molecule has 4 rings (SSSR count). The van der Waals surface area contributed by atoms with Crippen LogP contribution in [0.2, 0.25) is 0 Å². The third-order valence-corrected chi connectivity index (χ3v) is 5.71. The maximum Gasteiger partial charge on any atom is 0.293 e. The first-order valence-corrected chi connectivity index (χ1v) is 10.4. The molecule has 31 heavy (non-hydrogen) atoms. The molecule has 2 aliphatic heterocycles. The van der Waals surface area contributed by atoms with Gasteiger partial charge in [0.15, 0.2) is 0 Å². The number of anilines is 2. The minimum atomic E-state index is -0.476. The molecule has 1 atom stereocenters. The first-order valence-electron chi connectivity index (χ1n) is 10.4. The van der Waals surface area contributed by atoms with Crippen molar-refractivity contribution in [3.63, 3.8) is 0 Å². The number of morpholine rings is 1. The van der Waals surface area contributed by atoms with Crippen LogP contribution in [0.5, 0.6) is 0 Å². The molecule has 0 aromatic heterocycles. The van der Waals surface area contributed by atoms with Gasteiger partial charge >= 0.3 is 0 Å². The number of piperidine rings is 1. The zero-order valence-electron chi connectivity index (χ0n) is 17.1. The maximum absolute atomic E-state index is 14.2. The van der Waals surface area contributed by atoms with Crippen LogP contribution in [0.25, 0.3) is 0 Å². The summed E-state index contributed by atoms with van der Waals surface area (Å²) in [5, 5.41) is 15.0. The number of carbonyl (C=O) groups excluding carboxylic acids is 1. The number of para-hydroxylation sites is 1. The highest BCUT2D eigenvalue weighted by Gasteiger charge is 2.26. The van der Waals surface area contributed by atoms with E-state index < -0.39 is 4.92 Å². The lowest BCUT2D eigenvalue weighted by molar-refractivity contribution is -0.384. The second-order valence-corrected chi connectivity index (χ2v) is 7.77. The number of hydrogen-bond donors (Lipinski definition) is 1. The second kappa shape index (κ2) is 9.30. The van der Waals surface area contributed by atoms with Gasteiger partial charge in [-0.05, 0) is 37.1 Å². The van der Waals surface area contributed by atoms with Crippen LogP contribution < -0.4 is 10.2 Å². The monoisotopic (exact) mass is 428 g/mol. The number of nitro groups is 1. The van der Waals surface area contributed by atoms with Gasteiger partial charge in [-0.25, -0.2) is 4.39 Å². The fraction of sp³-hybridized carbons (Fsp3) is 0.409. The molecule has 164 valence electrons. The molecule has 2 aromatic rings. The van der Waals surface area contributed by atoms with Gasteiger partial charge in [0.1, 0.15) is 11.5 Å². The molecule has 0 aliphatic carbocycles. The molecule has 0 bridgehead atoms. The van der Waals surface area contributed by atoms with Gasteiger partial charge in [-0.1, -0.05) is 12.1 Å². The Labute approximate surface area is 179 Å². The molecule has 2 aliphatic rings. The zero-order chi connectivity index (χ0) is 21.8. The molecule has 1 unspecified atom stereocenters. The number of nitro benzene ring substituents is 1. The lowest BCUT2D eigenvalue weighted by Crippen LogP contribution is -2.42. The van der Waals surface area contributed by atoms with E-state index in [0.717, 1.165) is 19.4 Å². The van der Waals surface area contributed by atoms with E-state index in [1.807, 2.05) is 4.90 Å². The Morgan fingerprint density at radius 2 is 1.94 bits per heavy atom. The van der Waals surface area contributed by atoms with Crippen LogP contribution in [0.1, 0.15) is 23.2 Å². The van der Waals surface area contributed by atoms with Gasteiger partial charge in [0, 0.05) is 43.9 Å². The number of halogens is 1. The summed E-state index contributed by atoms with van der Waals surface area (Å²) in [5.74, 6) is -0.513. The van der Waals surface area contributed by atoms with Crippen LogP contribution >= 0.6 is 0 Å². The second-order valence-electron chi connectivity index (χ2n) is 7.77. The fourth-order valence-corrected chi connectivity index (χ4v) is 4.13. The van der Waals surface area contributed by atoms with E-state index in [4.69, 9.17) is 4.74 Å². The molecule has 2 fully saturated rings. The highest BCUT2D eigenvalue weighted by atomic mass is 19.1. The van der Waals surface area contributed by atoms with E-state index in [-0.39, 0.29) is 29.0 Å². The minimum absolute atomic E-state index is 0.0761. The van der Waals surface area contributed by atoms with E-state index >= 15 is 0 Å². The molecule has 9 heteroatoms. The Hall–Kier alpha value is -3.20. The summed E-state index contributed by atoms with van der Waals surface area (Å²) < 4.78 is 19.4. The third-order valence-electron chi connectivity index (χ3n) is 5.71. The average Bonchev–Trinajstić information content (AvgIpc) is 2.80. The molecule has 1 amide bonds. The summed E-state index contributed by atoms with van der Waals surface area (Å²) in [4.78, 5) is 27.5. The quantitative estimate of drug-likeness (QED) is 0.581. The van der Waals surface area contributed by atoms with Gasteiger partial charge < -0.3 is 19.9 Å². The Morgan fingerprint density at radius 3 is 2.68 bits per heavy atom. The van der Waals surface area contributed by atoms with Gasteiger partial charge in [-0.3, -0.25) is 14.9 Å². The molecule has 2 heterocycles. The Balaban J connectivity index is 1.50. The standard InChI is InChI=1S/C22H25FN4O4/c23-18-5-1-2-6-20(18)26-9-3-4-17(15-26)24-19-8-7-16(14-21(19)27(29)30)22(28)25-10-12-31-13-11-25/h1-2,5-8,14,17,24H,3-4,9-13,15H2. The molecule has 0 spiro atoms. The largest absolute Gasteiger partial charge is 0.378 e. The smallest absolute Gasteiger partial charge is 0.293 e. The number of rotatable bonds is 5. The number of nitrogens with zero attached hydrogens (tertiary/aromatic N) is 3. The van der Waals surface area contributed by atoms with Crippen molar-refractivity contribution in [2.24, 2.45) is 0 Å². The van der Waals surface area contributed by atoms with E-state index in [9.17, 15) is 19.3 Å². The van der Waals surface area contributed by atoms with E-state index in [1.165, 1.54) is 12.1 Å². The van der Waals surface area contributed by atoms with Gasteiger partial charge in [0.05, 0.1) is 23.8 Å². The average molecular weight is 428 g/mol. The van der Waals surface area contributed by atoms with Crippen LogP contribution in [0.15, 0.2) is 42.5 Å². The highest BCUT2D eigenvalue weighted by molar-refractivity contribution is 5.95. The van der Waals surface area contributed by atoms with E-state index in [2.05, 4.69) is 5.32 Å². The minimum Gasteiger partial charge on any atom is -0.378 e. The van der Waals surface area contributed by atoms with Crippen molar-refractivity contribution < 1.29 is 18.8 Å². The van der Waals surface area contributed by atoms with E-state index in [1.54, 1.807) is 35.2 Å². The van der Waals surface area contributed by atoms with Gasteiger partial charge in [-0.15, -0.1) is 0 Å². The summed E-state index contributed by atoms with van der Waals surface area (Å²) in [6.45, 7) is 3.14. The topological polar surface area (TPSA) is 88.0 Å². The Kier molecular flexibility index (Phi) is 6.31. The van der Waals surface area contributed by atoms with Crippen molar-refractivity contribution in [1.82, 2.24) is 4.90 Å². The molecular weight excluding hydrogens is 403 g/mol. The lowest BCUT2D eigenvalue weighted by Gasteiger charge is -2.35. The summed E-state index contributed by atoms with van der Waals surface area (Å²) >= 11 is 0. The summed E-state index contributed by atoms with van der Waals surface area (Å²) in [6.07, 6.45) is 1.66. The Bertz CT molecular complexity index is 964. The number of hydrogen-bond acceptors (Lipinski definition) is 6. The van der Waals surface area contributed by atoms with Crippen molar-refractivity contribution in [2.45, 2.75) is 18.9 Å².